The van der Waals surface area contributed by atoms with E-state index < -0.39 is 11.7 Å². The highest BCUT2D eigenvalue weighted by Gasteiger charge is 2.26. The molecule has 8 heteroatoms. The number of hydrogen-bond donors (Lipinski definition) is 1. The van der Waals surface area contributed by atoms with Crippen molar-refractivity contribution in [1.29, 1.82) is 0 Å². The third kappa shape index (κ3) is 4.99. The molecule has 0 saturated carbocycles. The van der Waals surface area contributed by atoms with Gasteiger partial charge in [0.1, 0.15) is 17.1 Å². The number of ether oxygens (including phenoxy) is 1. The lowest BCUT2D eigenvalue weighted by Gasteiger charge is -2.14. The Balaban J connectivity index is 1.42. The molecule has 1 atom stereocenters. The summed E-state index contributed by atoms with van der Waals surface area (Å²) in [6.07, 6.45) is 2.52. The van der Waals surface area contributed by atoms with Crippen LogP contribution in [0.3, 0.4) is 0 Å². The van der Waals surface area contributed by atoms with Crippen LogP contribution < -0.4 is 10.3 Å². The van der Waals surface area contributed by atoms with E-state index in [1.807, 2.05) is 55.5 Å². The lowest BCUT2D eigenvalue weighted by molar-refractivity contribution is 0.0991. The van der Waals surface area contributed by atoms with Crippen molar-refractivity contribution in [1.82, 2.24) is 19.3 Å². The summed E-state index contributed by atoms with van der Waals surface area (Å²) in [6.45, 7) is 3.83. The number of Topliss-reactive ketones (excluding diaryl/α,β-unsaturated/α-hetero) is 1. The number of aliphatic hydroxyl groups excluding tert-OH is 1. The zero-order valence-electron chi connectivity index (χ0n) is 21.5. The fraction of sp³-hybridized carbons (Fsp3) is 0.200. The summed E-state index contributed by atoms with van der Waals surface area (Å²) in [4.78, 5) is 35.5. The summed E-state index contributed by atoms with van der Waals surface area (Å²) in [5.74, 6) is 0.847. The maximum absolute atomic E-state index is 13.5. The second-order valence-corrected chi connectivity index (χ2v) is 9.37. The number of benzene rings is 2. The Bertz CT molecular complexity index is 1670. The number of ketones is 1. The second-order valence-electron chi connectivity index (χ2n) is 9.37. The van der Waals surface area contributed by atoms with E-state index in [2.05, 4.69) is 9.97 Å². The molecule has 0 aliphatic carbocycles. The van der Waals surface area contributed by atoms with E-state index in [1.54, 1.807) is 49.2 Å². The number of rotatable bonds is 8. The number of aryl methyl sites for hydroxylation is 1. The first kappa shape index (κ1) is 25.1. The van der Waals surface area contributed by atoms with Crippen LogP contribution in [0.25, 0.3) is 22.2 Å². The van der Waals surface area contributed by atoms with E-state index >= 15 is 0 Å². The van der Waals surface area contributed by atoms with Gasteiger partial charge >= 0.3 is 0 Å². The average molecular weight is 509 g/mol. The quantitative estimate of drug-likeness (QED) is 0.305. The van der Waals surface area contributed by atoms with E-state index in [1.165, 1.54) is 4.68 Å². The predicted octanol–water partition coefficient (Wildman–Crippen LogP) is 4.70. The van der Waals surface area contributed by atoms with Crippen molar-refractivity contribution in [3.63, 3.8) is 0 Å². The van der Waals surface area contributed by atoms with Crippen molar-refractivity contribution in [2.24, 2.45) is 7.05 Å². The van der Waals surface area contributed by atoms with Gasteiger partial charge in [0.05, 0.1) is 36.5 Å². The largest absolute Gasteiger partial charge is 0.455 e. The number of aliphatic hydroxyl groups is 1. The van der Waals surface area contributed by atoms with Crippen LogP contribution in [0, 0.1) is 6.92 Å². The molecule has 0 radical (unpaired) electrons. The van der Waals surface area contributed by atoms with E-state index in [-0.39, 0.29) is 24.3 Å². The van der Waals surface area contributed by atoms with Gasteiger partial charge in [-0.15, -0.1) is 0 Å². The molecule has 0 bridgehead atoms. The highest BCUT2D eigenvalue weighted by atomic mass is 16.5. The molecule has 1 N–H and O–H groups in total. The van der Waals surface area contributed by atoms with Crippen LogP contribution >= 0.6 is 0 Å². The summed E-state index contributed by atoms with van der Waals surface area (Å²) >= 11 is 0. The van der Waals surface area contributed by atoms with Crippen molar-refractivity contribution < 1.29 is 14.6 Å². The van der Waals surface area contributed by atoms with Gasteiger partial charge < -0.3 is 9.84 Å². The van der Waals surface area contributed by atoms with Crippen molar-refractivity contribution in [3.05, 3.63) is 106 Å². The smallest absolute Gasteiger partial charge is 0.277 e. The maximum Gasteiger partial charge on any atom is 0.277 e. The Morgan fingerprint density at radius 3 is 2.55 bits per heavy atom. The molecule has 0 fully saturated rings. The van der Waals surface area contributed by atoms with E-state index in [4.69, 9.17) is 4.74 Å². The molecule has 3 heterocycles. The van der Waals surface area contributed by atoms with Gasteiger partial charge in [0.15, 0.2) is 5.78 Å². The Morgan fingerprint density at radius 2 is 1.84 bits per heavy atom. The van der Waals surface area contributed by atoms with Crippen LogP contribution in [-0.4, -0.2) is 36.3 Å². The summed E-state index contributed by atoms with van der Waals surface area (Å²) in [6, 6.07) is 20.5. The summed E-state index contributed by atoms with van der Waals surface area (Å²) in [5.41, 5.74) is 3.37. The van der Waals surface area contributed by atoms with E-state index in [9.17, 15) is 14.7 Å². The molecule has 192 valence electrons. The summed E-state index contributed by atoms with van der Waals surface area (Å²) in [7, 11) is 1.60. The Hall–Kier alpha value is -4.56. The molecule has 8 nitrogen and oxygen atoms in total. The number of aromatic nitrogens is 4. The molecular formula is C30H28N4O4. The first-order valence-corrected chi connectivity index (χ1v) is 12.4. The zero-order chi connectivity index (χ0) is 26.8. The molecule has 0 amide bonds. The first-order chi connectivity index (χ1) is 18.3. The third-order valence-corrected chi connectivity index (χ3v) is 6.35. The predicted molar refractivity (Wildman–Crippen MR) is 146 cm³/mol. The van der Waals surface area contributed by atoms with Gasteiger partial charge in [0.2, 0.25) is 0 Å². The molecule has 5 aromatic rings. The minimum atomic E-state index is -0.700. The summed E-state index contributed by atoms with van der Waals surface area (Å²) < 4.78 is 9.10. The van der Waals surface area contributed by atoms with Crippen molar-refractivity contribution >= 4 is 16.7 Å². The fourth-order valence-corrected chi connectivity index (χ4v) is 4.53. The van der Waals surface area contributed by atoms with Gasteiger partial charge in [-0.25, -0.2) is 0 Å². The van der Waals surface area contributed by atoms with Crippen LogP contribution in [-0.2, 0) is 20.0 Å². The van der Waals surface area contributed by atoms with Crippen LogP contribution in [0.5, 0.6) is 11.5 Å². The molecule has 3 aromatic heterocycles. The van der Waals surface area contributed by atoms with Crippen LogP contribution in [0.1, 0.15) is 28.5 Å². The normalized spacial score (nSPS) is 12.0. The molecule has 5 rings (SSSR count). The second kappa shape index (κ2) is 10.4. The van der Waals surface area contributed by atoms with Gasteiger partial charge in [0.25, 0.3) is 5.56 Å². The topological polar surface area (TPSA) is 99.2 Å². The van der Waals surface area contributed by atoms with Crippen LogP contribution in [0.4, 0.5) is 0 Å². The molecule has 0 aliphatic heterocycles. The maximum atomic E-state index is 13.5. The Morgan fingerprint density at radius 1 is 1.05 bits per heavy atom. The lowest BCUT2D eigenvalue weighted by atomic mass is 10.0. The number of nitrogens with zero attached hydrogens (tertiary/aromatic N) is 4. The summed E-state index contributed by atoms with van der Waals surface area (Å²) in [5, 5.41) is 10.9. The number of hydrogen-bond acceptors (Lipinski definition) is 6. The van der Waals surface area contributed by atoms with E-state index in [0.29, 0.717) is 22.9 Å². The molecule has 0 saturated heterocycles. The Kier molecular flexibility index (Phi) is 6.89. The molecule has 0 aliphatic rings. The van der Waals surface area contributed by atoms with Crippen molar-refractivity contribution in [2.75, 3.05) is 0 Å². The van der Waals surface area contributed by atoms with E-state index in [0.717, 1.165) is 22.0 Å². The molecule has 0 unspecified atom stereocenters. The number of carbonyl (C=O) groups excluding carboxylic acids is 1. The zero-order valence-corrected chi connectivity index (χ0v) is 21.5. The number of fused-ring (bicyclic) bond motifs is 1. The van der Waals surface area contributed by atoms with Gasteiger partial charge in [0, 0.05) is 29.9 Å². The highest BCUT2D eigenvalue weighted by Crippen LogP contribution is 2.29. The van der Waals surface area contributed by atoms with Gasteiger partial charge in [-0.3, -0.25) is 28.9 Å². The van der Waals surface area contributed by atoms with Crippen molar-refractivity contribution in [3.8, 4) is 22.8 Å². The first-order valence-electron chi connectivity index (χ1n) is 12.4. The van der Waals surface area contributed by atoms with Crippen LogP contribution in [0.2, 0.25) is 0 Å². The average Bonchev–Trinajstić information content (AvgIpc) is 3.15. The third-order valence-electron chi connectivity index (χ3n) is 6.35. The van der Waals surface area contributed by atoms with Gasteiger partial charge in [-0.05, 0) is 49.7 Å². The number of pyridine rings is 2. The highest BCUT2D eigenvalue weighted by molar-refractivity contribution is 6.02. The monoisotopic (exact) mass is 508 g/mol. The molecule has 38 heavy (non-hydrogen) atoms. The molecular weight excluding hydrogens is 480 g/mol. The van der Waals surface area contributed by atoms with Gasteiger partial charge in [-0.2, -0.15) is 0 Å². The SMILES string of the molecule is Cc1ccc2c(Oc3ccc(CC(=O)c4c(-c5ccccc5)n(C[C@@H](C)O)n(C)c4=O)nc3)ccnc2c1. The molecule has 2 aromatic carbocycles. The lowest BCUT2D eigenvalue weighted by Crippen LogP contribution is -2.25. The van der Waals surface area contributed by atoms with Gasteiger partial charge in [-0.1, -0.05) is 36.4 Å². The van der Waals surface area contributed by atoms with Crippen molar-refractivity contribution in [2.45, 2.75) is 32.9 Å². The fourth-order valence-electron chi connectivity index (χ4n) is 4.53. The number of carbonyl (C=O) groups is 1. The molecule has 0 spiro atoms. The minimum absolute atomic E-state index is 0.0501. The standard InChI is InChI=1S/C30H28N4O4/c1-19-9-12-24-25(15-19)31-14-13-27(24)38-23-11-10-22(32-17-23)16-26(36)28-29(21-7-5-4-6-8-21)34(18-20(2)35)33(3)30(28)37/h4-15,17,20,35H,16,18H2,1-3H3/t20-/m1/s1. The Labute approximate surface area is 219 Å². The minimum Gasteiger partial charge on any atom is -0.455 e. The van der Waals surface area contributed by atoms with Crippen LogP contribution in [0.15, 0.2) is 83.9 Å².